The van der Waals surface area contributed by atoms with Crippen molar-refractivity contribution in [1.29, 1.82) is 0 Å². The first kappa shape index (κ1) is 17.0. The van der Waals surface area contributed by atoms with Crippen LogP contribution in [0.2, 0.25) is 0 Å². The molecule has 6 nitrogen and oxygen atoms in total. The zero-order valence-corrected chi connectivity index (χ0v) is 12.2. The lowest BCUT2D eigenvalue weighted by atomic mass is 10.7. The maximum atomic E-state index is 5.72. The summed E-state index contributed by atoms with van der Waals surface area (Å²) in [5, 5.41) is 3.27. The van der Waals surface area contributed by atoms with Gasteiger partial charge in [-0.05, 0) is 0 Å². The van der Waals surface area contributed by atoms with Crippen molar-refractivity contribution in [3.63, 3.8) is 0 Å². The van der Waals surface area contributed by atoms with Gasteiger partial charge < -0.3 is 18.7 Å². The third-order valence-corrected chi connectivity index (χ3v) is 4.35. The maximum Gasteiger partial charge on any atom is 0.147 e. The van der Waals surface area contributed by atoms with Crippen LogP contribution in [0.1, 0.15) is 0 Å². The van der Waals surface area contributed by atoms with E-state index in [0.29, 0.717) is 33.0 Å². The lowest BCUT2D eigenvalue weighted by molar-refractivity contribution is 0.0557. The third-order valence-electron chi connectivity index (χ3n) is 2.10. The molecule has 0 aliphatic heterocycles. The molecule has 0 fully saturated rings. The largest absolute Gasteiger partial charge is 0.383 e. The molecule has 0 aromatic carbocycles. The summed E-state index contributed by atoms with van der Waals surface area (Å²) in [5.74, 6) is 0. The second-order valence-corrected chi connectivity index (χ2v) is 6.15. The molecule has 0 heterocycles. The summed E-state index contributed by atoms with van der Waals surface area (Å²) in [6.07, 6.45) is 0. The average Bonchev–Trinajstić information content (AvgIpc) is 2.34. The Morgan fingerprint density at radius 3 is 2.24 bits per heavy atom. The molecule has 1 atom stereocenters. The quantitative estimate of drug-likeness (QED) is 0.450. The molecular weight excluding hydrogens is 243 g/mol. The Morgan fingerprint density at radius 1 is 1.00 bits per heavy atom. The van der Waals surface area contributed by atoms with Crippen molar-refractivity contribution in [3.05, 3.63) is 0 Å². The van der Waals surface area contributed by atoms with Gasteiger partial charge in [-0.15, -0.1) is 0 Å². The lowest BCUT2D eigenvalue weighted by Crippen LogP contribution is -2.18. The van der Waals surface area contributed by atoms with Gasteiger partial charge in [0.2, 0.25) is 0 Å². The van der Waals surface area contributed by atoms with Crippen LogP contribution in [0.15, 0.2) is 4.74 Å². The maximum absolute atomic E-state index is 5.72. The van der Waals surface area contributed by atoms with Crippen LogP contribution in [-0.2, 0) is 18.7 Å². The van der Waals surface area contributed by atoms with Crippen LogP contribution in [0.3, 0.4) is 0 Å². The minimum absolute atomic E-state index is 0.533. The van der Waals surface area contributed by atoms with E-state index in [9.17, 15) is 0 Å². The van der Waals surface area contributed by atoms with Crippen molar-refractivity contribution in [3.8, 4) is 0 Å². The molecule has 0 saturated heterocycles. The molecule has 1 N–H and O–H groups in total. The predicted octanol–water partition coefficient (Wildman–Crippen LogP) is 1.19. The van der Waals surface area contributed by atoms with Crippen molar-refractivity contribution in [2.75, 3.05) is 67.5 Å². The first-order chi connectivity index (χ1) is 8.18. The number of hydrogen-bond donors (Lipinski definition) is 1. The number of ether oxygens (including phenoxy) is 3. The van der Waals surface area contributed by atoms with E-state index in [1.165, 1.54) is 0 Å². The molecule has 17 heavy (non-hydrogen) atoms. The third kappa shape index (κ3) is 9.71. The van der Waals surface area contributed by atoms with Crippen LogP contribution < -0.4 is 5.09 Å². The van der Waals surface area contributed by atoms with Gasteiger partial charge in [-0.3, -0.25) is 9.83 Å². The average molecular weight is 268 g/mol. The second kappa shape index (κ2) is 11.1. The summed E-state index contributed by atoms with van der Waals surface area (Å²) in [6, 6.07) is 0. The van der Waals surface area contributed by atoms with E-state index in [-0.39, 0.29) is 0 Å². The van der Waals surface area contributed by atoms with E-state index in [1.54, 1.807) is 21.3 Å². The topological polar surface area (TPSA) is 61.3 Å². The highest BCUT2D eigenvalue weighted by atomic mass is 31.2. The molecule has 7 heteroatoms. The second-order valence-electron chi connectivity index (χ2n) is 3.42. The zero-order valence-electron chi connectivity index (χ0n) is 11.3. The van der Waals surface area contributed by atoms with E-state index in [1.807, 2.05) is 6.66 Å². The van der Waals surface area contributed by atoms with E-state index in [4.69, 9.17) is 18.7 Å². The Kier molecular flexibility index (Phi) is 11.2. The standard InChI is InChI=1S/C10H25N2O4P/c1-11-17(4,12-5-6-13-2)16-10-9-15-8-7-14-3/h12H,5-10H2,1-4H3. The van der Waals surface area contributed by atoms with Crippen LogP contribution in [0.4, 0.5) is 0 Å². The molecule has 0 saturated carbocycles. The van der Waals surface area contributed by atoms with Gasteiger partial charge >= 0.3 is 0 Å². The number of methoxy groups -OCH3 is 2. The van der Waals surface area contributed by atoms with E-state index in [0.717, 1.165) is 6.54 Å². The van der Waals surface area contributed by atoms with Crippen LogP contribution >= 0.6 is 7.43 Å². The molecule has 0 radical (unpaired) electrons. The molecule has 104 valence electrons. The predicted molar refractivity (Wildman–Crippen MR) is 69.7 cm³/mol. The fraction of sp³-hybridized carbons (Fsp3) is 1.00. The van der Waals surface area contributed by atoms with E-state index < -0.39 is 7.43 Å². The Balaban J connectivity index is 3.66. The summed E-state index contributed by atoms with van der Waals surface area (Å²) in [6.45, 7) is 5.66. The van der Waals surface area contributed by atoms with Crippen LogP contribution in [0.25, 0.3) is 0 Å². The van der Waals surface area contributed by atoms with Crippen LogP contribution in [0.5, 0.6) is 0 Å². The molecule has 0 aliphatic rings. The summed E-state index contributed by atoms with van der Waals surface area (Å²) < 4.78 is 25.1. The molecule has 0 spiro atoms. The number of rotatable bonds is 11. The molecule has 0 bridgehead atoms. The number of hydrogen-bond acceptors (Lipinski definition) is 5. The van der Waals surface area contributed by atoms with Crippen molar-refractivity contribution in [2.24, 2.45) is 4.74 Å². The van der Waals surface area contributed by atoms with Crippen molar-refractivity contribution >= 4 is 7.43 Å². The minimum atomic E-state index is -1.85. The smallest absolute Gasteiger partial charge is 0.147 e. The van der Waals surface area contributed by atoms with Gasteiger partial charge in [-0.2, -0.15) is 0 Å². The van der Waals surface area contributed by atoms with Crippen LogP contribution in [0, 0.1) is 0 Å². The SMILES string of the molecule is CN=P(C)(NCCOC)OCCOCCOC. The number of nitrogens with one attached hydrogen (secondary N) is 1. The first-order valence-electron chi connectivity index (χ1n) is 5.61. The van der Waals surface area contributed by atoms with E-state index in [2.05, 4.69) is 9.83 Å². The van der Waals surface area contributed by atoms with Crippen molar-refractivity contribution in [1.82, 2.24) is 5.09 Å². The van der Waals surface area contributed by atoms with Gasteiger partial charge in [0, 0.05) is 34.5 Å². The fourth-order valence-electron chi connectivity index (χ4n) is 1.05. The molecule has 0 aromatic rings. The Bertz CT molecular complexity index is 226. The molecular formula is C10H25N2O4P. The van der Waals surface area contributed by atoms with Gasteiger partial charge in [0.05, 0.1) is 33.0 Å². The van der Waals surface area contributed by atoms with Crippen molar-refractivity contribution in [2.45, 2.75) is 0 Å². The van der Waals surface area contributed by atoms with Gasteiger partial charge in [-0.1, -0.05) is 0 Å². The summed E-state index contributed by atoms with van der Waals surface area (Å²) in [7, 11) is 3.23. The highest BCUT2D eigenvalue weighted by molar-refractivity contribution is 7.58. The monoisotopic (exact) mass is 268 g/mol. The van der Waals surface area contributed by atoms with Gasteiger partial charge in [0.15, 0.2) is 0 Å². The lowest BCUT2D eigenvalue weighted by Gasteiger charge is -2.20. The van der Waals surface area contributed by atoms with Crippen molar-refractivity contribution < 1.29 is 18.7 Å². The fourth-order valence-corrected chi connectivity index (χ4v) is 2.33. The molecule has 0 amide bonds. The molecule has 1 unspecified atom stereocenters. The van der Waals surface area contributed by atoms with Gasteiger partial charge in [-0.25, -0.2) is 0 Å². The summed E-state index contributed by atoms with van der Waals surface area (Å²) in [4.78, 5) is 0. The van der Waals surface area contributed by atoms with Crippen LogP contribution in [-0.4, -0.2) is 67.5 Å². The Hall–Kier alpha value is 0.0300. The van der Waals surface area contributed by atoms with Gasteiger partial charge in [0.25, 0.3) is 0 Å². The Morgan fingerprint density at radius 2 is 1.65 bits per heavy atom. The zero-order chi connectivity index (χ0) is 13.0. The van der Waals surface area contributed by atoms with E-state index >= 15 is 0 Å². The normalized spacial score (nSPS) is 14.6. The first-order valence-corrected chi connectivity index (χ1v) is 7.72. The highest BCUT2D eigenvalue weighted by Crippen LogP contribution is 2.40. The Labute approximate surface area is 104 Å². The van der Waals surface area contributed by atoms with Gasteiger partial charge in [0.1, 0.15) is 7.43 Å². The summed E-state index contributed by atoms with van der Waals surface area (Å²) >= 11 is 0. The summed E-state index contributed by atoms with van der Waals surface area (Å²) in [5.41, 5.74) is 0. The highest BCUT2D eigenvalue weighted by Gasteiger charge is 2.10. The molecule has 0 rings (SSSR count). The minimum Gasteiger partial charge on any atom is -0.383 e. The number of nitrogens with zero attached hydrogens (tertiary/aromatic N) is 1. The molecule has 0 aromatic heterocycles. The molecule has 0 aliphatic carbocycles.